The Kier molecular flexibility index (Phi) is 3.85. The van der Waals surface area contributed by atoms with Crippen LogP contribution >= 0.6 is 15.9 Å². The van der Waals surface area contributed by atoms with Crippen LogP contribution in [-0.4, -0.2) is 10.9 Å². The summed E-state index contributed by atoms with van der Waals surface area (Å²) in [7, 11) is 0. The highest BCUT2D eigenvalue weighted by atomic mass is 79.9. The lowest BCUT2D eigenvalue weighted by Crippen LogP contribution is -2.27. The Bertz CT molecular complexity index is 865. The first kappa shape index (κ1) is 14.6. The van der Waals surface area contributed by atoms with Crippen molar-refractivity contribution in [3.8, 4) is 0 Å². The fraction of sp³-hybridized carbons (Fsp3) is 0.125. The number of benzene rings is 1. The summed E-state index contributed by atoms with van der Waals surface area (Å²) in [6.45, 7) is 1.84. The van der Waals surface area contributed by atoms with Crippen molar-refractivity contribution < 1.29 is 9.21 Å². The van der Waals surface area contributed by atoms with Gasteiger partial charge in [-0.05, 0) is 41.1 Å². The average Bonchev–Trinajstić information content (AvgIpc) is 2.94. The summed E-state index contributed by atoms with van der Waals surface area (Å²) in [5, 5.41) is 3.84. The van der Waals surface area contributed by atoms with E-state index in [2.05, 4.69) is 26.2 Å². The van der Waals surface area contributed by atoms with E-state index in [-0.39, 0.29) is 17.5 Å². The van der Waals surface area contributed by atoms with Crippen molar-refractivity contribution >= 4 is 32.8 Å². The minimum Gasteiger partial charge on any atom is -0.459 e. The zero-order valence-corrected chi connectivity index (χ0v) is 13.3. The molecule has 0 aliphatic heterocycles. The fourth-order valence-electron chi connectivity index (χ4n) is 2.15. The molecule has 2 aromatic heterocycles. The summed E-state index contributed by atoms with van der Waals surface area (Å²) in [5.74, 6) is 0.392. The van der Waals surface area contributed by atoms with Crippen molar-refractivity contribution in [1.29, 1.82) is 0 Å². The molecule has 0 fully saturated rings. The maximum absolute atomic E-state index is 12.2. The summed E-state index contributed by atoms with van der Waals surface area (Å²) in [4.78, 5) is 26.0. The number of H-pyrrole nitrogens is 1. The van der Waals surface area contributed by atoms with E-state index >= 15 is 0 Å². The minimum absolute atomic E-state index is 0.276. The number of amides is 1. The number of carbonyl (C=O) groups is 1. The van der Waals surface area contributed by atoms with E-state index in [1.807, 2.05) is 37.3 Å². The van der Waals surface area contributed by atoms with Crippen LogP contribution in [0.1, 0.15) is 29.1 Å². The highest BCUT2D eigenvalue weighted by Gasteiger charge is 2.16. The molecule has 6 heteroatoms. The number of aromatic amines is 1. The molecule has 0 saturated heterocycles. The van der Waals surface area contributed by atoms with Crippen molar-refractivity contribution in [2.75, 3.05) is 0 Å². The fourth-order valence-corrected chi connectivity index (χ4v) is 2.52. The molecule has 1 atom stereocenters. The van der Waals surface area contributed by atoms with Gasteiger partial charge < -0.3 is 14.7 Å². The maximum Gasteiger partial charge on any atom is 0.262 e. The van der Waals surface area contributed by atoms with E-state index in [9.17, 15) is 9.59 Å². The van der Waals surface area contributed by atoms with Gasteiger partial charge in [-0.3, -0.25) is 9.59 Å². The predicted octanol–water partition coefficient (Wildman–Crippen LogP) is 3.37. The molecular weight excluding hydrogens is 348 g/mol. The average molecular weight is 361 g/mol. The first-order valence-electron chi connectivity index (χ1n) is 6.72. The zero-order chi connectivity index (χ0) is 15.7. The second kappa shape index (κ2) is 5.81. The van der Waals surface area contributed by atoms with Gasteiger partial charge in [0.1, 0.15) is 11.3 Å². The summed E-state index contributed by atoms with van der Waals surface area (Å²) < 4.78 is 6.04. The molecule has 0 aliphatic carbocycles. The maximum atomic E-state index is 12.2. The zero-order valence-electron chi connectivity index (χ0n) is 11.7. The van der Waals surface area contributed by atoms with Crippen LogP contribution in [0.15, 0.2) is 56.3 Å². The number of rotatable bonds is 3. The van der Waals surface area contributed by atoms with Crippen molar-refractivity contribution in [1.82, 2.24) is 10.3 Å². The van der Waals surface area contributed by atoms with Crippen LogP contribution in [0.4, 0.5) is 0 Å². The lowest BCUT2D eigenvalue weighted by molar-refractivity contribution is 0.0935. The summed E-state index contributed by atoms with van der Waals surface area (Å²) in [5.41, 5.74) is 0.877. The molecule has 112 valence electrons. The van der Waals surface area contributed by atoms with E-state index in [1.165, 1.54) is 12.3 Å². The molecule has 1 amide bonds. The normalized spacial score (nSPS) is 12.3. The van der Waals surface area contributed by atoms with Crippen molar-refractivity contribution in [2.45, 2.75) is 13.0 Å². The molecule has 0 saturated carbocycles. The molecule has 2 heterocycles. The number of para-hydroxylation sites is 1. The van der Waals surface area contributed by atoms with Gasteiger partial charge in [0.05, 0.1) is 16.1 Å². The molecule has 3 aromatic rings. The second-order valence-corrected chi connectivity index (χ2v) is 5.80. The Morgan fingerprint density at radius 1 is 1.32 bits per heavy atom. The Morgan fingerprint density at radius 3 is 2.82 bits per heavy atom. The molecule has 0 radical (unpaired) electrons. The van der Waals surface area contributed by atoms with Gasteiger partial charge in [-0.15, -0.1) is 0 Å². The lowest BCUT2D eigenvalue weighted by atomic mass is 10.2. The highest BCUT2D eigenvalue weighted by Crippen LogP contribution is 2.23. The molecule has 1 aromatic carbocycles. The van der Waals surface area contributed by atoms with Crippen molar-refractivity contribution in [3.63, 3.8) is 0 Å². The largest absolute Gasteiger partial charge is 0.459 e. The van der Waals surface area contributed by atoms with Gasteiger partial charge in [0, 0.05) is 11.6 Å². The first-order valence-corrected chi connectivity index (χ1v) is 7.51. The highest BCUT2D eigenvalue weighted by molar-refractivity contribution is 9.10. The second-order valence-electron chi connectivity index (χ2n) is 4.95. The Hall–Kier alpha value is -2.34. The summed E-state index contributed by atoms with van der Waals surface area (Å²) in [6, 6.07) is 10.8. The summed E-state index contributed by atoms with van der Waals surface area (Å²) in [6.07, 6.45) is 1.38. The molecule has 3 rings (SSSR count). The van der Waals surface area contributed by atoms with E-state index < -0.39 is 0 Å². The van der Waals surface area contributed by atoms with Crippen molar-refractivity contribution in [2.24, 2.45) is 0 Å². The number of fused-ring (bicyclic) bond motifs is 1. The van der Waals surface area contributed by atoms with Gasteiger partial charge in [0.15, 0.2) is 0 Å². The molecule has 22 heavy (non-hydrogen) atoms. The topological polar surface area (TPSA) is 75.1 Å². The first-order chi connectivity index (χ1) is 10.5. The quantitative estimate of drug-likeness (QED) is 0.751. The van der Waals surface area contributed by atoms with Crippen LogP contribution in [-0.2, 0) is 0 Å². The predicted molar refractivity (Wildman–Crippen MR) is 86.9 cm³/mol. The lowest BCUT2D eigenvalue weighted by Gasteiger charge is -2.11. The van der Waals surface area contributed by atoms with Crippen LogP contribution in [0.25, 0.3) is 11.0 Å². The van der Waals surface area contributed by atoms with Gasteiger partial charge in [0.25, 0.3) is 11.5 Å². The van der Waals surface area contributed by atoms with Crippen LogP contribution < -0.4 is 10.9 Å². The number of carbonyl (C=O) groups excluding carboxylic acids is 1. The van der Waals surface area contributed by atoms with Crippen LogP contribution in [0.2, 0.25) is 0 Å². The third-order valence-corrected chi connectivity index (χ3v) is 3.93. The number of hydrogen-bond donors (Lipinski definition) is 2. The molecule has 0 unspecified atom stereocenters. The van der Waals surface area contributed by atoms with Crippen LogP contribution in [0.5, 0.6) is 0 Å². The Balaban J connectivity index is 1.80. The third-order valence-electron chi connectivity index (χ3n) is 3.34. The van der Waals surface area contributed by atoms with Crippen LogP contribution in [0.3, 0.4) is 0 Å². The van der Waals surface area contributed by atoms with Gasteiger partial charge in [0.2, 0.25) is 0 Å². The molecule has 0 bridgehead atoms. The summed E-state index contributed by atoms with van der Waals surface area (Å²) >= 11 is 3.11. The number of furan rings is 1. The number of pyridine rings is 1. The van der Waals surface area contributed by atoms with Gasteiger partial charge >= 0.3 is 0 Å². The molecular formula is C16H13BrN2O3. The van der Waals surface area contributed by atoms with E-state index in [0.717, 1.165) is 11.0 Å². The van der Waals surface area contributed by atoms with E-state index in [4.69, 9.17) is 4.42 Å². The third kappa shape index (κ3) is 2.82. The minimum atomic E-state index is -0.287. The monoisotopic (exact) mass is 360 g/mol. The number of halogens is 1. The smallest absolute Gasteiger partial charge is 0.262 e. The SMILES string of the molecule is C[C@H](NC(=O)c1c[nH]c(=O)c(Br)c1)c1cc2ccccc2o1. The number of aromatic nitrogens is 1. The molecule has 0 spiro atoms. The standard InChI is InChI=1S/C16H13BrN2O3/c1-9(14-7-10-4-2-3-5-13(10)22-14)19-15(20)11-6-12(17)16(21)18-8-11/h2-9H,1H3,(H,18,21)(H,19,20)/t9-/m0/s1. The molecule has 0 aliphatic rings. The van der Waals surface area contributed by atoms with Crippen molar-refractivity contribution in [3.05, 3.63) is 68.7 Å². The Morgan fingerprint density at radius 2 is 2.09 bits per heavy atom. The van der Waals surface area contributed by atoms with E-state index in [1.54, 1.807) is 0 Å². The molecule has 5 nitrogen and oxygen atoms in total. The van der Waals surface area contributed by atoms with Gasteiger partial charge in [-0.2, -0.15) is 0 Å². The van der Waals surface area contributed by atoms with Crippen LogP contribution in [0, 0.1) is 0 Å². The van der Waals surface area contributed by atoms with Gasteiger partial charge in [-0.25, -0.2) is 0 Å². The van der Waals surface area contributed by atoms with E-state index in [0.29, 0.717) is 15.8 Å². The molecule has 2 N–H and O–H groups in total. The number of hydrogen-bond acceptors (Lipinski definition) is 3. The van der Waals surface area contributed by atoms with Gasteiger partial charge in [-0.1, -0.05) is 18.2 Å². The Labute approximate surface area is 134 Å². The number of nitrogens with one attached hydrogen (secondary N) is 2.